The van der Waals surface area contributed by atoms with E-state index in [1.807, 2.05) is 36.4 Å². The first-order valence-electron chi connectivity index (χ1n) is 14.0. The van der Waals surface area contributed by atoms with Crippen LogP contribution in [-0.4, -0.2) is 51.1 Å². The number of benzene rings is 2. The summed E-state index contributed by atoms with van der Waals surface area (Å²) in [6.45, 7) is 0.605. The second kappa shape index (κ2) is 11.3. The van der Waals surface area contributed by atoms with Crippen molar-refractivity contribution in [2.75, 3.05) is 23.3 Å². The summed E-state index contributed by atoms with van der Waals surface area (Å²) >= 11 is 0. The average Bonchev–Trinajstić information content (AvgIpc) is 3.35. The number of amides is 1. The van der Waals surface area contributed by atoms with Gasteiger partial charge in [-0.25, -0.2) is 9.67 Å². The molecule has 6 rings (SSSR count). The number of hydrogen-bond donors (Lipinski definition) is 2. The molecule has 0 unspecified atom stereocenters. The van der Waals surface area contributed by atoms with Crippen LogP contribution >= 0.6 is 0 Å². The number of pyridine rings is 1. The first-order valence-corrected chi connectivity index (χ1v) is 14.0. The smallest absolute Gasteiger partial charge is 0.382 e. The number of carbonyl (C=O) groups excluding carboxylic acids is 1. The molecule has 230 valence electrons. The molecule has 2 N–H and O–H groups in total. The maximum atomic E-state index is 14.6. The van der Waals surface area contributed by atoms with Crippen LogP contribution in [0, 0.1) is 0 Å². The summed E-state index contributed by atoms with van der Waals surface area (Å²) in [5, 5.41) is 17.8. The Labute approximate surface area is 248 Å². The molecule has 0 saturated carbocycles. The van der Waals surface area contributed by atoms with E-state index in [-0.39, 0.29) is 17.1 Å². The molecule has 1 amide bonds. The number of aromatic nitrogens is 3. The van der Waals surface area contributed by atoms with Crippen LogP contribution in [0.5, 0.6) is 0 Å². The minimum absolute atomic E-state index is 0.123. The minimum atomic E-state index is -4.95. The van der Waals surface area contributed by atoms with Gasteiger partial charge < -0.3 is 15.3 Å². The first-order chi connectivity index (χ1) is 20.9. The van der Waals surface area contributed by atoms with Crippen molar-refractivity contribution >= 4 is 17.5 Å². The van der Waals surface area contributed by atoms with E-state index >= 15 is 0 Å². The van der Waals surface area contributed by atoms with Crippen LogP contribution in [0.4, 0.5) is 38.0 Å². The molecule has 0 bridgehead atoms. The molecule has 1 fully saturated rings. The Morgan fingerprint density at radius 3 is 1.95 bits per heavy atom. The Bertz CT molecular complexity index is 1580. The molecule has 2 aromatic carbocycles. The van der Waals surface area contributed by atoms with E-state index in [9.17, 15) is 36.2 Å². The van der Waals surface area contributed by atoms with E-state index in [2.05, 4.69) is 10.3 Å². The maximum absolute atomic E-state index is 14.6. The number of carbonyl (C=O) groups is 1. The van der Waals surface area contributed by atoms with Crippen molar-refractivity contribution in [1.82, 2.24) is 14.8 Å². The van der Waals surface area contributed by atoms with Gasteiger partial charge in [-0.2, -0.15) is 31.4 Å². The Morgan fingerprint density at radius 2 is 1.45 bits per heavy atom. The van der Waals surface area contributed by atoms with Gasteiger partial charge in [0.25, 0.3) is 5.91 Å². The highest BCUT2D eigenvalue weighted by Crippen LogP contribution is 2.49. The average molecular weight is 616 g/mol. The van der Waals surface area contributed by atoms with Crippen molar-refractivity contribution in [2.24, 2.45) is 0 Å². The lowest BCUT2D eigenvalue weighted by atomic mass is 9.82. The number of alkyl halides is 6. The van der Waals surface area contributed by atoms with E-state index in [0.29, 0.717) is 31.7 Å². The van der Waals surface area contributed by atoms with Gasteiger partial charge in [0.1, 0.15) is 29.7 Å². The van der Waals surface area contributed by atoms with Crippen molar-refractivity contribution in [2.45, 2.75) is 49.2 Å². The molecular weight excluding hydrogens is 588 g/mol. The van der Waals surface area contributed by atoms with Gasteiger partial charge in [0.15, 0.2) is 0 Å². The SMILES string of the molecule is O=C1Nc2c(c(C3CCN(c4ccc(C(F)(F)F)cn4)CC3)nn2C(c2ccccc2)c2ccccc2)[C@@H](C(F)(F)F)[C@@H]1O. The summed E-state index contributed by atoms with van der Waals surface area (Å²) in [6, 6.07) is 19.6. The van der Waals surface area contributed by atoms with E-state index in [1.165, 1.54) is 10.7 Å². The number of aliphatic hydroxyl groups excluding tert-OH is 1. The van der Waals surface area contributed by atoms with Gasteiger partial charge in [0.05, 0.1) is 11.3 Å². The third-order valence-electron chi connectivity index (χ3n) is 8.22. The summed E-state index contributed by atoms with van der Waals surface area (Å²) in [4.78, 5) is 18.5. The van der Waals surface area contributed by atoms with Gasteiger partial charge in [-0.05, 0) is 36.1 Å². The number of rotatable bonds is 5. The predicted octanol–water partition coefficient (Wildman–Crippen LogP) is 6.28. The normalized spacial score (nSPS) is 19.6. The predicted molar refractivity (Wildman–Crippen MR) is 149 cm³/mol. The maximum Gasteiger partial charge on any atom is 0.417 e. The van der Waals surface area contributed by atoms with Crippen LogP contribution in [0.1, 0.15) is 58.7 Å². The number of nitrogens with one attached hydrogen (secondary N) is 1. The van der Waals surface area contributed by atoms with Crippen LogP contribution in [0.3, 0.4) is 0 Å². The highest BCUT2D eigenvalue weighted by Gasteiger charge is 2.55. The van der Waals surface area contributed by atoms with Crippen LogP contribution in [-0.2, 0) is 11.0 Å². The lowest BCUT2D eigenvalue weighted by Gasteiger charge is -2.34. The topological polar surface area (TPSA) is 83.3 Å². The zero-order valence-electron chi connectivity index (χ0n) is 23.1. The molecule has 13 heteroatoms. The van der Waals surface area contributed by atoms with Crippen molar-refractivity contribution in [3.63, 3.8) is 0 Å². The van der Waals surface area contributed by atoms with Gasteiger partial charge in [-0.1, -0.05) is 60.7 Å². The Balaban J connectivity index is 1.42. The molecule has 2 atom stereocenters. The number of fused-ring (bicyclic) bond motifs is 1. The summed E-state index contributed by atoms with van der Waals surface area (Å²) in [5.41, 5.74) is 0.426. The highest BCUT2D eigenvalue weighted by atomic mass is 19.4. The number of nitrogens with zero attached hydrogens (tertiary/aromatic N) is 4. The van der Waals surface area contributed by atoms with Crippen molar-refractivity contribution in [3.05, 3.63) is 107 Å². The van der Waals surface area contributed by atoms with Crippen LogP contribution in [0.15, 0.2) is 79.0 Å². The molecular formula is C31H27F6N5O2. The van der Waals surface area contributed by atoms with E-state index in [1.54, 1.807) is 29.2 Å². The summed E-state index contributed by atoms with van der Waals surface area (Å²) in [6.07, 6.45) is -10.4. The molecule has 0 spiro atoms. The third kappa shape index (κ3) is 5.51. The minimum Gasteiger partial charge on any atom is -0.382 e. The fraction of sp³-hybridized carbons (Fsp3) is 0.323. The van der Waals surface area contributed by atoms with E-state index in [4.69, 9.17) is 5.10 Å². The second-order valence-corrected chi connectivity index (χ2v) is 10.9. The van der Waals surface area contributed by atoms with Gasteiger partial charge in [0, 0.05) is 30.8 Å². The quantitative estimate of drug-likeness (QED) is 0.259. The molecule has 2 aliphatic rings. The van der Waals surface area contributed by atoms with Gasteiger partial charge in [0.2, 0.25) is 0 Å². The lowest BCUT2D eigenvalue weighted by Crippen LogP contribution is -2.45. The summed E-state index contributed by atoms with van der Waals surface area (Å²) in [5.74, 6) is -3.95. The van der Waals surface area contributed by atoms with Crippen molar-refractivity contribution in [1.29, 1.82) is 0 Å². The molecule has 2 aliphatic heterocycles. The summed E-state index contributed by atoms with van der Waals surface area (Å²) in [7, 11) is 0. The summed E-state index contributed by atoms with van der Waals surface area (Å²) < 4.78 is 84.1. The number of aliphatic hydroxyl groups is 1. The molecule has 4 aromatic rings. The first kappa shape index (κ1) is 29.7. The Morgan fingerprint density at radius 1 is 0.864 bits per heavy atom. The number of hydrogen-bond acceptors (Lipinski definition) is 5. The fourth-order valence-electron chi connectivity index (χ4n) is 6.10. The largest absolute Gasteiger partial charge is 0.417 e. The molecule has 7 nitrogen and oxygen atoms in total. The Kier molecular flexibility index (Phi) is 7.60. The number of halogens is 6. The molecule has 2 aromatic heterocycles. The molecule has 4 heterocycles. The molecule has 0 aliphatic carbocycles. The number of anilines is 2. The zero-order chi connectivity index (χ0) is 31.2. The van der Waals surface area contributed by atoms with Crippen LogP contribution < -0.4 is 10.2 Å². The Hall–Kier alpha value is -4.39. The molecule has 1 saturated heterocycles. The van der Waals surface area contributed by atoms with Crippen LogP contribution in [0.2, 0.25) is 0 Å². The van der Waals surface area contributed by atoms with Crippen LogP contribution in [0.25, 0.3) is 0 Å². The third-order valence-corrected chi connectivity index (χ3v) is 8.22. The molecule has 0 radical (unpaired) electrons. The van der Waals surface area contributed by atoms with Crippen molar-refractivity contribution < 1.29 is 36.2 Å². The van der Waals surface area contributed by atoms with E-state index in [0.717, 1.165) is 23.4 Å². The van der Waals surface area contributed by atoms with Gasteiger partial charge in [-0.15, -0.1) is 0 Å². The monoisotopic (exact) mass is 615 g/mol. The standard InChI is InChI=1S/C31H27F6N5O2/c32-30(33,34)21-11-12-22(38-17-21)41-15-13-18(14-16-41)25-23-24(31(35,36)37)27(43)29(44)39-28(23)42(40-25)26(19-7-3-1-4-8-19)20-9-5-2-6-10-20/h1-12,17-18,24,26-27,43H,13-16H2,(H,39,44)/t24-,27+/m1/s1. The second-order valence-electron chi connectivity index (χ2n) is 10.9. The van der Waals surface area contributed by atoms with Gasteiger partial charge >= 0.3 is 12.4 Å². The molecule has 44 heavy (non-hydrogen) atoms. The lowest BCUT2D eigenvalue weighted by molar-refractivity contribution is -0.177. The number of piperidine rings is 1. The van der Waals surface area contributed by atoms with Gasteiger partial charge in [-0.3, -0.25) is 4.79 Å². The zero-order valence-corrected chi connectivity index (χ0v) is 23.1. The van der Waals surface area contributed by atoms with Crippen molar-refractivity contribution in [3.8, 4) is 0 Å². The van der Waals surface area contributed by atoms with E-state index < -0.39 is 47.8 Å². The fourth-order valence-corrected chi connectivity index (χ4v) is 6.10. The highest BCUT2D eigenvalue weighted by molar-refractivity contribution is 5.97.